The van der Waals surface area contributed by atoms with Crippen LogP contribution in [0, 0.1) is 5.92 Å². The summed E-state index contributed by atoms with van der Waals surface area (Å²) in [5.41, 5.74) is 1.32. The van der Waals surface area contributed by atoms with Crippen LogP contribution in [0.25, 0.3) is 0 Å². The summed E-state index contributed by atoms with van der Waals surface area (Å²) in [6.45, 7) is 4.25. The first-order valence-corrected chi connectivity index (χ1v) is 7.66. The van der Waals surface area contributed by atoms with Gasteiger partial charge in [0.15, 0.2) is 5.78 Å². The molecule has 4 nitrogen and oxygen atoms in total. The van der Waals surface area contributed by atoms with Crippen molar-refractivity contribution in [3.8, 4) is 0 Å². The monoisotopic (exact) mass is 288 g/mol. The third kappa shape index (κ3) is 4.14. The third-order valence-electron chi connectivity index (χ3n) is 4.24. The van der Waals surface area contributed by atoms with Crippen LogP contribution in [0.5, 0.6) is 0 Å². The molecule has 1 heterocycles. The highest BCUT2D eigenvalue weighted by molar-refractivity contribution is 5.97. The van der Waals surface area contributed by atoms with E-state index in [0.717, 1.165) is 38.4 Å². The molecule has 0 radical (unpaired) electrons. The van der Waals surface area contributed by atoms with E-state index < -0.39 is 0 Å². The lowest BCUT2D eigenvalue weighted by Gasteiger charge is -2.32. The molecule has 1 saturated heterocycles. The number of amides is 1. The zero-order valence-electron chi connectivity index (χ0n) is 12.9. The van der Waals surface area contributed by atoms with Gasteiger partial charge in [0, 0.05) is 24.2 Å². The number of carbonyl (C=O) groups excluding carboxylic acids is 2. The largest absolute Gasteiger partial charge is 0.339 e. The molecule has 0 bridgehead atoms. The van der Waals surface area contributed by atoms with Crippen molar-refractivity contribution in [3.05, 3.63) is 35.4 Å². The summed E-state index contributed by atoms with van der Waals surface area (Å²) >= 11 is 0. The molecule has 0 aliphatic carbocycles. The van der Waals surface area contributed by atoms with E-state index in [1.165, 1.54) is 13.3 Å². The summed E-state index contributed by atoms with van der Waals surface area (Å²) in [7, 11) is 1.98. The molecule has 1 aliphatic rings. The molecule has 21 heavy (non-hydrogen) atoms. The topological polar surface area (TPSA) is 49.4 Å². The van der Waals surface area contributed by atoms with Crippen molar-refractivity contribution in [1.29, 1.82) is 0 Å². The molecule has 0 unspecified atom stereocenters. The second-order valence-corrected chi connectivity index (χ2v) is 5.76. The van der Waals surface area contributed by atoms with Gasteiger partial charge in [0.1, 0.15) is 0 Å². The van der Waals surface area contributed by atoms with Gasteiger partial charge in [-0.1, -0.05) is 12.1 Å². The van der Waals surface area contributed by atoms with E-state index in [2.05, 4.69) is 5.32 Å². The van der Waals surface area contributed by atoms with Gasteiger partial charge in [0.25, 0.3) is 5.91 Å². The Morgan fingerprint density at radius 1 is 1.14 bits per heavy atom. The number of likely N-dealkylation sites (tertiary alicyclic amines) is 1. The lowest BCUT2D eigenvalue weighted by atomic mass is 9.93. The van der Waals surface area contributed by atoms with Crippen LogP contribution in [0.4, 0.5) is 0 Å². The number of benzene rings is 1. The second kappa shape index (κ2) is 7.36. The Hall–Kier alpha value is -1.68. The summed E-state index contributed by atoms with van der Waals surface area (Å²) in [5, 5.41) is 3.18. The van der Waals surface area contributed by atoms with Crippen molar-refractivity contribution in [3.63, 3.8) is 0 Å². The van der Waals surface area contributed by atoms with Gasteiger partial charge in [0.2, 0.25) is 0 Å². The van der Waals surface area contributed by atoms with E-state index >= 15 is 0 Å². The van der Waals surface area contributed by atoms with E-state index in [1.807, 2.05) is 11.9 Å². The quantitative estimate of drug-likeness (QED) is 0.846. The molecule has 0 saturated carbocycles. The van der Waals surface area contributed by atoms with E-state index in [4.69, 9.17) is 0 Å². The first-order valence-electron chi connectivity index (χ1n) is 7.66. The molecule has 1 fully saturated rings. The maximum absolute atomic E-state index is 12.4. The Morgan fingerprint density at radius 2 is 1.71 bits per heavy atom. The lowest BCUT2D eigenvalue weighted by molar-refractivity contribution is 0.0686. The van der Waals surface area contributed by atoms with Gasteiger partial charge in [0.05, 0.1) is 0 Å². The Kier molecular flexibility index (Phi) is 5.51. The normalized spacial score (nSPS) is 16.0. The molecule has 1 aromatic carbocycles. The third-order valence-corrected chi connectivity index (χ3v) is 4.24. The standard InChI is InChI=1S/C17H24N2O2/c1-13(20)15-3-5-16(6-4-15)17(21)19-11-8-14(9-12-19)7-10-18-2/h3-6,14,18H,7-12H2,1-2H3. The Bertz CT molecular complexity index is 488. The molecule has 1 amide bonds. The maximum Gasteiger partial charge on any atom is 0.253 e. The van der Waals surface area contributed by atoms with Crippen LogP contribution in [0.15, 0.2) is 24.3 Å². The van der Waals surface area contributed by atoms with Crippen molar-refractivity contribution in [2.45, 2.75) is 26.2 Å². The van der Waals surface area contributed by atoms with Crippen LogP contribution in [-0.4, -0.2) is 43.3 Å². The molecule has 114 valence electrons. The lowest BCUT2D eigenvalue weighted by Crippen LogP contribution is -2.38. The highest BCUT2D eigenvalue weighted by Gasteiger charge is 2.23. The number of rotatable bonds is 5. The molecule has 1 aliphatic heterocycles. The predicted octanol–water partition coefficient (Wildman–Crippen LogP) is 2.35. The van der Waals surface area contributed by atoms with E-state index in [9.17, 15) is 9.59 Å². The number of nitrogens with one attached hydrogen (secondary N) is 1. The molecular weight excluding hydrogens is 264 g/mol. The average molecular weight is 288 g/mol. The number of Topliss-reactive ketones (excluding diaryl/α,β-unsaturated/α-hetero) is 1. The zero-order valence-corrected chi connectivity index (χ0v) is 12.9. The van der Waals surface area contributed by atoms with Gasteiger partial charge < -0.3 is 10.2 Å². The van der Waals surface area contributed by atoms with Gasteiger partial charge >= 0.3 is 0 Å². The minimum atomic E-state index is 0.0272. The van der Waals surface area contributed by atoms with Gasteiger partial charge in [-0.2, -0.15) is 0 Å². The average Bonchev–Trinajstić information content (AvgIpc) is 2.53. The van der Waals surface area contributed by atoms with Crippen molar-refractivity contribution in [2.75, 3.05) is 26.7 Å². The smallest absolute Gasteiger partial charge is 0.253 e. The summed E-state index contributed by atoms with van der Waals surface area (Å²) in [4.78, 5) is 25.6. The first kappa shape index (κ1) is 15.7. The molecule has 0 atom stereocenters. The Morgan fingerprint density at radius 3 is 2.24 bits per heavy atom. The van der Waals surface area contributed by atoms with Crippen LogP contribution in [0.1, 0.15) is 46.9 Å². The van der Waals surface area contributed by atoms with Crippen molar-refractivity contribution < 1.29 is 9.59 Å². The number of hydrogen-bond donors (Lipinski definition) is 1. The molecular formula is C17H24N2O2. The fourth-order valence-electron chi connectivity index (χ4n) is 2.80. The van der Waals surface area contributed by atoms with Crippen LogP contribution in [0.2, 0.25) is 0 Å². The number of hydrogen-bond acceptors (Lipinski definition) is 3. The summed E-state index contributed by atoms with van der Waals surface area (Å²) in [5.74, 6) is 0.832. The first-order chi connectivity index (χ1) is 10.1. The van der Waals surface area contributed by atoms with Gasteiger partial charge in [-0.3, -0.25) is 9.59 Å². The summed E-state index contributed by atoms with van der Waals surface area (Å²) in [6.07, 6.45) is 3.35. The fraction of sp³-hybridized carbons (Fsp3) is 0.529. The Labute approximate surface area is 126 Å². The van der Waals surface area contributed by atoms with Crippen LogP contribution in [0.3, 0.4) is 0 Å². The molecule has 1 aromatic rings. The van der Waals surface area contributed by atoms with Gasteiger partial charge in [-0.15, -0.1) is 0 Å². The second-order valence-electron chi connectivity index (χ2n) is 5.76. The van der Waals surface area contributed by atoms with Crippen LogP contribution >= 0.6 is 0 Å². The fourth-order valence-corrected chi connectivity index (χ4v) is 2.80. The Balaban J connectivity index is 1.91. The predicted molar refractivity (Wildman–Crippen MR) is 83.6 cm³/mol. The van der Waals surface area contributed by atoms with Crippen molar-refractivity contribution in [1.82, 2.24) is 10.2 Å². The molecule has 0 aromatic heterocycles. The van der Waals surface area contributed by atoms with Crippen LogP contribution < -0.4 is 5.32 Å². The van der Waals surface area contributed by atoms with E-state index in [1.54, 1.807) is 24.3 Å². The molecule has 0 spiro atoms. The van der Waals surface area contributed by atoms with Crippen molar-refractivity contribution in [2.24, 2.45) is 5.92 Å². The van der Waals surface area contributed by atoms with E-state index in [-0.39, 0.29) is 11.7 Å². The van der Waals surface area contributed by atoms with Crippen molar-refractivity contribution >= 4 is 11.7 Å². The number of piperidine rings is 1. The van der Waals surface area contributed by atoms with Gasteiger partial charge in [-0.25, -0.2) is 0 Å². The number of carbonyl (C=O) groups is 2. The SMILES string of the molecule is CNCCC1CCN(C(=O)c2ccc(C(C)=O)cc2)CC1. The zero-order chi connectivity index (χ0) is 15.2. The maximum atomic E-state index is 12.4. The molecule has 4 heteroatoms. The number of nitrogens with zero attached hydrogens (tertiary/aromatic N) is 1. The minimum Gasteiger partial charge on any atom is -0.339 e. The summed E-state index contributed by atoms with van der Waals surface area (Å²) < 4.78 is 0. The highest BCUT2D eigenvalue weighted by atomic mass is 16.2. The highest BCUT2D eigenvalue weighted by Crippen LogP contribution is 2.21. The molecule has 1 N–H and O–H groups in total. The van der Waals surface area contributed by atoms with Crippen LogP contribution in [-0.2, 0) is 0 Å². The number of ketones is 1. The minimum absolute atomic E-state index is 0.0272. The summed E-state index contributed by atoms with van der Waals surface area (Å²) in [6, 6.07) is 6.97. The van der Waals surface area contributed by atoms with Gasteiger partial charge in [-0.05, 0) is 57.8 Å². The van der Waals surface area contributed by atoms with E-state index in [0.29, 0.717) is 11.1 Å². The molecule has 2 rings (SSSR count).